The van der Waals surface area contributed by atoms with Crippen LogP contribution in [0.25, 0.3) is 0 Å². The fourth-order valence-electron chi connectivity index (χ4n) is 1.99. The molecule has 0 N–H and O–H groups in total. The highest BCUT2D eigenvalue weighted by atomic mass is 127. The monoisotopic (exact) mass is 467 g/mol. The van der Waals surface area contributed by atoms with E-state index in [2.05, 4.69) is 0 Å². The van der Waals surface area contributed by atoms with Crippen LogP contribution in [0.5, 0.6) is 0 Å². The molecule has 1 atom stereocenters. The van der Waals surface area contributed by atoms with Crippen molar-refractivity contribution in [3.05, 3.63) is 57.9 Å². The predicted octanol–water partition coefficient (Wildman–Crippen LogP) is 3.78. The second-order valence-corrected chi connectivity index (χ2v) is 8.04. The topological polar surface area (TPSA) is 54.5 Å². The molecule has 23 heavy (non-hydrogen) atoms. The lowest BCUT2D eigenvalue weighted by Crippen LogP contribution is -2.42. The quantitative estimate of drug-likeness (QED) is 0.497. The van der Waals surface area contributed by atoms with E-state index in [0.717, 1.165) is 28.6 Å². The molecule has 0 saturated heterocycles. The van der Waals surface area contributed by atoms with Crippen molar-refractivity contribution in [1.82, 2.24) is 0 Å². The summed E-state index contributed by atoms with van der Waals surface area (Å²) in [4.78, 5) is 11.5. The normalized spacial score (nSPS) is 12.7. The fraction of sp³-hybridized carbons (Fsp3) is 0.133. The van der Waals surface area contributed by atoms with Gasteiger partial charge in [0.05, 0.1) is 10.6 Å². The average Bonchev–Trinajstić information content (AvgIpc) is 2.49. The summed E-state index contributed by atoms with van der Waals surface area (Å²) in [5.41, 5.74) is 0.332. The lowest BCUT2D eigenvalue weighted by molar-refractivity contribution is -0.112. The number of carbonyl (C=O) groups is 1. The van der Waals surface area contributed by atoms with Crippen LogP contribution in [-0.4, -0.2) is 19.7 Å². The molecule has 0 fully saturated rings. The van der Waals surface area contributed by atoms with Crippen molar-refractivity contribution in [3.63, 3.8) is 0 Å². The van der Waals surface area contributed by atoms with E-state index in [9.17, 15) is 17.6 Å². The number of hydrogen-bond acceptors (Lipinski definition) is 3. The SMILES string of the molecule is CC(C(=O)Cl)N(c1ccccc1I)S(=O)(=O)c1ccc(F)cc1. The third kappa shape index (κ3) is 3.84. The first-order chi connectivity index (χ1) is 10.7. The molecule has 0 spiro atoms. The van der Waals surface area contributed by atoms with Gasteiger partial charge < -0.3 is 0 Å². The van der Waals surface area contributed by atoms with Crippen molar-refractivity contribution >= 4 is 55.1 Å². The van der Waals surface area contributed by atoms with E-state index in [0.29, 0.717) is 9.26 Å². The van der Waals surface area contributed by atoms with Crippen LogP contribution in [-0.2, 0) is 14.8 Å². The molecule has 4 nitrogen and oxygen atoms in total. The zero-order valence-corrected chi connectivity index (χ0v) is 15.6. The molecule has 2 aromatic carbocycles. The Hall–Kier alpha value is -1.19. The van der Waals surface area contributed by atoms with Crippen molar-refractivity contribution in [2.45, 2.75) is 17.9 Å². The Bertz CT molecular complexity index is 827. The van der Waals surface area contributed by atoms with Gasteiger partial charge >= 0.3 is 0 Å². The number of nitrogens with zero attached hydrogens (tertiary/aromatic N) is 1. The van der Waals surface area contributed by atoms with Crippen molar-refractivity contribution in [1.29, 1.82) is 0 Å². The number of hydrogen-bond donors (Lipinski definition) is 0. The number of halogens is 3. The molecule has 0 aromatic heterocycles. The summed E-state index contributed by atoms with van der Waals surface area (Å²) in [5.74, 6) is -0.550. The summed E-state index contributed by atoms with van der Waals surface area (Å²) in [7, 11) is -4.08. The van der Waals surface area contributed by atoms with Gasteiger partial charge in [-0.05, 0) is 77.5 Å². The molecule has 122 valence electrons. The van der Waals surface area contributed by atoms with Gasteiger partial charge in [0, 0.05) is 3.57 Å². The maximum atomic E-state index is 13.1. The van der Waals surface area contributed by atoms with Crippen molar-refractivity contribution in [2.24, 2.45) is 0 Å². The maximum Gasteiger partial charge on any atom is 0.265 e. The summed E-state index contributed by atoms with van der Waals surface area (Å²) in [6, 6.07) is 10.0. The van der Waals surface area contributed by atoms with Gasteiger partial charge in [-0.15, -0.1) is 0 Å². The largest absolute Gasteiger partial charge is 0.279 e. The van der Waals surface area contributed by atoms with Crippen LogP contribution in [0.3, 0.4) is 0 Å². The summed E-state index contributed by atoms with van der Waals surface area (Å²) in [6.45, 7) is 1.40. The molecule has 0 heterocycles. The highest BCUT2D eigenvalue weighted by Gasteiger charge is 2.33. The predicted molar refractivity (Wildman–Crippen MR) is 95.5 cm³/mol. The molecule has 0 bridgehead atoms. The molecule has 0 aliphatic rings. The molecule has 2 aromatic rings. The number of para-hydroxylation sites is 1. The van der Waals surface area contributed by atoms with Crippen LogP contribution in [0.1, 0.15) is 6.92 Å². The fourth-order valence-corrected chi connectivity index (χ4v) is 4.59. The third-order valence-corrected chi connectivity index (χ3v) is 6.27. The first-order valence-corrected chi connectivity index (χ1v) is 9.38. The molecule has 0 saturated carbocycles. The summed E-state index contributed by atoms with van der Waals surface area (Å²) in [6.07, 6.45) is 0. The highest BCUT2D eigenvalue weighted by Crippen LogP contribution is 2.30. The first-order valence-electron chi connectivity index (χ1n) is 6.49. The molecular weight excluding hydrogens is 456 g/mol. The van der Waals surface area contributed by atoms with Gasteiger partial charge in [0.2, 0.25) is 5.24 Å². The van der Waals surface area contributed by atoms with Gasteiger partial charge in [-0.3, -0.25) is 9.10 Å². The van der Waals surface area contributed by atoms with Crippen LogP contribution in [0.4, 0.5) is 10.1 Å². The number of anilines is 1. The summed E-state index contributed by atoms with van der Waals surface area (Å²) < 4.78 is 40.5. The zero-order valence-electron chi connectivity index (χ0n) is 11.9. The zero-order chi connectivity index (χ0) is 17.2. The van der Waals surface area contributed by atoms with Gasteiger partial charge in [-0.2, -0.15) is 0 Å². The van der Waals surface area contributed by atoms with Crippen molar-refractivity contribution in [3.8, 4) is 0 Å². The summed E-state index contributed by atoms with van der Waals surface area (Å²) >= 11 is 7.51. The minimum Gasteiger partial charge on any atom is -0.279 e. The molecule has 0 radical (unpaired) electrons. The Labute approximate surface area is 152 Å². The first kappa shape index (κ1) is 18.2. The van der Waals surface area contributed by atoms with Gasteiger partial charge in [-0.25, -0.2) is 12.8 Å². The standard InChI is InChI=1S/C15H12ClFINO3S/c1-10(15(16)20)19(14-5-3-2-4-13(14)18)23(21,22)12-8-6-11(17)7-9-12/h2-10H,1H3. The Kier molecular flexibility index (Phi) is 5.64. The molecular formula is C15H12ClFINO3S. The van der Waals surface area contributed by atoms with E-state index >= 15 is 0 Å². The lowest BCUT2D eigenvalue weighted by atomic mass is 10.3. The van der Waals surface area contributed by atoms with Crippen LogP contribution in [0.2, 0.25) is 0 Å². The van der Waals surface area contributed by atoms with E-state index in [4.69, 9.17) is 11.6 Å². The van der Waals surface area contributed by atoms with Crippen LogP contribution in [0.15, 0.2) is 53.4 Å². The summed E-state index contributed by atoms with van der Waals surface area (Å²) in [5, 5.41) is -0.810. The van der Waals surface area contributed by atoms with E-state index in [1.807, 2.05) is 22.6 Å². The molecule has 2 rings (SSSR count). The van der Waals surface area contributed by atoms with E-state index in [-0.39, 0.29) is 4.90 Å². The van der Waals surface area contributed by atoms with E-state index in [1.165, 1.54) is 6.92 Å². The molecule has 8 heteroatoms. The van der Waals surface area contributed by atoms with Crippen molar-refractivity contribution in [2.75, 3.05) is 4.31 Å². The molecule has 1 unspecified atom stereocenters. The van der Waals surface area contributed by atoms with E-state index < -0.39 is 27.1 Å². The van der Waals surface area contributed by atoms with Crippen LogP contribution in [0, 0.1) is 9.39 Å². The van der Waals surface area contributed by atoms with Gasteiger partial charge in [0.1, 0.15) is 11.9 Å². The lowest BCUT2D eigenvalue weighted by Gasteiger charge is -2.29. The minimum absolute atomic E-state index is 0.122. The van der Waals surface area contributed by atoms with E-state index in [1.54, 1.807) is 24.3 Å². The van der Waals surface area contributed by atoms with Gasteiger partial charge in [0.15, 0.2) is 0 Å². The smallest absolute Gasteiger partial charge is 0.265 e. The maximum absolute atomic E-state index is 13.1. The number of rotatable bonds is 5. The number of benzene rings is 2. The second-order valence-electron chi connectivity index (χ2n) is 4.69. The second kappa shape index (κ2) is 7.14. The molecule has 0 aliphatic carbocycles. The Morgan fingerprint density at radius 1 is 1.17 bits per heavy atom. The third-order valence-electron chi connectivity index (χ3n) is 3.14. The van der Waals surface area contributed by atoms with Crippen LogP contribution >= 0.6 is 34.2 Å². The molecule has 0 aliphatic heterocycles. The number of sulfonamides is 1. The van der Waals surface area contributed by atoms with Gasteiger partial charge in [-0.1, -0.05) is 12.1 Å². The minimum atomic E-state index is -4.08. The number of carbonyl (C=O) groups excluding carboxylic acids is 1. The van der Waals surface area contributed by atoms with Gasteiger partial charge in [0.25, 0.3) is 10.0 Å². The Morgan fingerprint density at radius 2 is 1.74 bits per heavy atom. The average molecular weight is 468 g/mol. The highest BCUT2D eigenvalue weighted by molar-refractivity contribution is 14.1. The Balaban J connectivity index is 2.64. The van der Waals surface area contributed by atoms with Crippen molar-refractivity contribution < 1.29 is 17.6 Å². The van der Waals surface area contributed by atoms with Crippen LogP contribution < -0.4 is 4.31 Å². The Morgan fingerprint density at radius 3 is 2.26 bits per heavy atom. The molecule has 0 amide bonds.